The van der Waals surface area contributed by atoms with Crippen molar-refractivity contribution in [3.63, 3.8) is 0 Å². The molecule has 1 heterocycles. The predicted molar refractivity (Wildman–Crippen MR) is 45.8 cm³/mol. The number of alkyl halides is 1. The van der Waals surface area contributed by atoms with Crippen molar-refractivity contribution in [2.45, 2.75) is 18.3 Å². The Kier molecular flexibility index (Phi) is 2.05. The number of ether oxygens (including phenoxy) is 1. The van der Waals surface area contributed by atoms with E-state index in [1.807, 2.05) is 24.3 Å². The van der Waals surface area contributed by atoms with Crippen LogP contribution in [0.1, 0.15) is 16.5 Å². The summed E-state index contributed by atoms with van der Waals surface area (Å²) in [6, 6.07) is 7.71. The van der Waals surface area contributed by atoms with E-state index in [1.54, 1.807) is 0 Å². The standard InChI is InChI=1S/C9H9ClO2/c10-8-7-4-2-1-3-6(7)5-12-9(8)11/h1-4,8-9,11H,5H2. The van der Waals surface area contributed by atoms with Gasteiger partial charge in [-0.3, -0.25) is 0 Å². The molecule has 2 rings (SSSR count). The number of hydrogen-bond acceptors (Lipinski definition) is 2. The number of hydrogen-bond donors (Lipinski definition) is 1. The predicted octanol–water partition coefficient (Wildman–Crippen LogP) is 1.82. The van der Waals surface area contributed by atoms with Gasteiger partial charge in [-0.05, 0) is 11.1 Å². The fourth-order valence-electron chi connectivity index (χ4n) is 1.35. The summed E-state index contributed by atoms with van der Waals surface area (Å²) in [5.74, 6) is 0. The van der Waals surface area contributed by atoms with Gasteiger partial charge in [0.1, 0.15) is 5.38 Å². The van der Waals surface area contributed by atoms with Gasteiger partial charge in [0.15, 0.2) is 6.29 Å². The minimum atomic E-state index is -0.874. The third-order valence-corrected chi connectivity index (χ3v) is 2.46. The minimum Gasteiger partial charge on any atom is -0.366 e. The summed E-state index contributed by atoms with van der Waals surface area (Å²) in [6.45, 7) is 0.445. The molecule has 2 unspecified atom stereocenters. The molecule has 0 saturated heterocycles. The lowest BCUT2D eigenvalue weighted by molar-refractivity contribution is -0.118. The van der Waals surface area contributed by atoms with E-state index < -0.39 is 11.7 Å². The van der Waals surface area contributed by atoms with Crippen LogP contribution in [0.25, 0.3) is 0 Å². The van der Waals surface area contributed by atoms with Gasteiger partial charge >= 0.3 is 0 Å². The Morgan fingerprint density at radius 2 is 2.17 bits per heavy atom. The average Bonchev–Trinajstić information content (AvgIpc) is 2.12. The molecule has 0 fully saturated rings. The van der Waals surface area contributed by atoms with Crippen molar-refractivity contribution in [2.24, 2.45) is 0 Å². The summed E-state index contributed by atoms with van der Waals surface area (Å²) in [5, 5.41) is 8.84. The number of rotatable bonds is 0. The summed E-state index contributed by atoms with van der Waals surface area (Å²) in [5.41, 5.74) is 2.03. The van der Waals surface area contributed by atoms with E-state index in [1.165, 1.54) is 0 Å². The van der Waals surface area contributed by atoms with Gasteiger partial charge in [0.05, 0.1) is 6.61 Å². The molecule has 1 N–H and O–H groups in total. The van der Waals surface area contributed by atoms with E-state index in [0.29, 0.717) is 6.61 Å². The zero-order valence-electron chi connectivity index (χ0n) is 6.40. The molecule has 12 heavy (non-hydrogen) atoms. The van der Waals surface area contributed by atoms with Crippen LogP contribution in [0.4, 0.5) is 0 Å². The average molecular weight is 185 g/mol. The molecule has 0 aromatic heterocycles. The highest BCUT2D eigenvalue weighted by atomic mass is 35.5. The summed E-state index contributed by atoms with van der Waals surface area (Å²) in [6.07, 6.45) is -0.874. The number of aliphatic hydroxyl groups excluding tert-OH is 1. The largest absolute Gasteiger partial charge is 0.366 e. The summed E-state index contributed by atoms with van der Waals surface area (Å²) >= 11 is 5.92. The summed E-state index contributed by atoms with van der Waals surface area (Å²) < 4.78 is 5.04. The van der Waals surface area contributed by atoms with Crippen molar-refractivity contribution >= 4 is 11.6 Å². The van der Waals surface area contributed by atoms with E-state index in [0.717, 1.165) is 11.1 Å². The SMILES string of the molecule is OC1OCc2ccccc2C1Cl. The van der Waals surface area contributed by atoms with Crippen LogP contribution in [0, 0.1) is 0 Å². The fourth-order valence-corrected chi connectivity index (χ4v) is 1.63. The van der Waals surface area contributed by atoms with Crippen LogP contribution in [-0.2, 0) is 11.3 Å². The van der Waals surface area contributed by atoms with Gasteiger partial charge in [-0.1, -0.05) is 24.3 Å². The summed E-state index contributed by atoms with van der Waals surface area (Å²) in [4.78, 5) is 0. The van der Waals surface area contributed by atoms with Crippen LogP contribution < -0.4 is 0 Å². The van der Waals surface area contributed by atoms with Crippen LogP contribution in [0.2, 0.25) is 0 Å². The number of aliphatic hydroxyl groups is 1. The number of fused-ring (bicyclic) bond motifs is 1. The highest BCUT2D eigenvalue weighted by Gasteiger charge is 2.26. The van der Waals surface area contributed by atoms with E-state index in [4.69, 9.17) is 16.3 Å². The van der Waals surface area contributed by atoms with Gasteiger partial charge in [0, 0.05) is 0 Å². The van der Waals surface area contributed by atoms with Crippen LogP contribution in [0.15, 0.2) is 24.3 Å². The van der Waals surface area contributed by atoms with E-state index in [-0.39, 0.29) is 0 Å². The first-order valence-corrected chi connectivity index (χ1v) is 4.24. The monoisotopic (exact) mass is 184 g/mol. The Hall–Kier alpha value is -0.570. The van der Waals surface area contributed by atoms with Crippen LogP contribution in [-0.4, -0.2) is 11.4 Å². The highest BCUT2D eigenvalue weighted by molar-refractivity contribution is 6.21. The fraction of sp³-hybridized carbons (Fsp3) is 0.333. The lowest BCUT2D eigenvalue weighted by Crippen LogP contribution is -2.24. The maximum atomic E-state index is 9.27. The van der Waals surface area contributed by atoms with Crippen molar-refractivity contribution in [3.05, 3.63) is 35.4 Å². The van der Waals surface area contributed by atoms with Gasteiger partial charge in [0.2, 0.25) is 0 Å². The van der Waals surface area contributed by atoms with Crippen molar-refractivity contribution < 1.29 is 9.84 Å². The van der Waals surface area contributed by atoms with Crippen molar-refractivity contribution in [3.8, 4) is 0 Å². The Morgan fingerprint density at radius 3 is 3.00 bits per heavy atom. The molecule has 0 amide bonds. The van der Waals surface area contributed by atoms with Gasteiger partial charge in [-0.25, -0.2) is 0 Å². The zero-order chi connectivity index (χ0) is 8.55. The third-order valence-electron chi connectivity index (χ3n) is 2.01. The molecule has 2 nitrogen and oxygen atoms in total. The molecule has 1 aliphatic heterocycles. The Balaban J connectivity index is 2.42. The van der Waals surface area contributed by atoms with Crippen molar-refractivity contribution in [1.82, 2.24) is 0 Å². The van der Waals surface area contributed by atoms with E-state index in [2.05, 4.69) is 0 Å². The van der Waals surface area contributed by atoms with Gasteiger partial charge in [0.25, 0.3) is 0 Å². The molecule has 1 aromatic carbocycles. The molecule has 0 saturated carbocycles. The highest BCUT2D eigenvalue weighted by Crippen LogP contribution is 2.32. The van der Waals surface area contributed by atoms with E-state index in [9.17, 15) is 5.11 Å². The number of halogens is 1. The lowest BCUT2D eigenvalue weighted by Gasteiger charge is -2.25. The smallest absolute Gasteiger partial charge is 0.175 e. The van der Waals surface area contributed by atoms with Crippen LogP contribution in [0.3, 0.4) is 0 Å². The van der Waals surface area contributed by atoms with E-state index >= 15 is 0 Å². The van der Waals surface area contributed by atoms with Crippen LogP contribution >= 0.6 is 11.6 Å². The second kappa shape index (κ2) is 3.05. The molecule has 0 spiro atoms. The lowest BCUT2D eigenvalue weighted by atomic mass is 10.0. The first kappa shape index (κ1) is 8.05. The van der Waals surface area contributed by atoms with Crippen molar-refractivity contribution in [2.75, 3.05) is 0 Å². The third kappa shape index (κ3) is 1.22. The molecule has 64 valence electrons. The Morgan fingerprint density at radius 1 is 1.42 bits per heavy atom. The molecule has 3 heteroatoms. The summed E-state index contributed by atoms with van der Waals surface area (Å²) in [7, 11) is 0. The van der Waals surface area contributed by atoms with Gasteiger partial charge in [-0.15, -0.1) is 11.6 Å². The zero-order valence-corrected chi connectivity index (χ0v) is 7.16. The topological polar surface area (TPSA) is 29.5 Å². The van der Waals surface area contributed by atoms with Crippen molar-refractivity contribution in [1.29, 1.82) is 0 Å². The normalized spacial score (nSPS) is 28.2. The molecule has 0 bridgehead atoms. The molecule has 1 aromatic rings. The molecule has 0 radical (unpaired) electrons. The Labute approximate surface area is 75.7 Å². The first-order chi connectivity index (χ1) is 5.79. The molecular formula is C9H9ClO2. The first-order valence-electron chi connectivity index (χ1n) is 3.80. The Bertz CT molecular complexity index is 288. The van der Waals surface area contributed by atoms with Crippen LogP contribution in [0.5, 0.6) is 0 Å². The second-order valence-corrected chi connectivity index (χ2v) is 3.27. The number of benzene rings is 1. The maximum Gasteiger partial charge on any atom is 0.175 e. The molecular weight excluding hydrogens is 176 g/mol. The minimum absolute atomic E-state index is 0.435. The quantitative estimate of drug-likeness (QED) is 0.624. The van der Waals surface area contributed by atoms with Gasteiger partial charge in [-0.2, -0.15) is 0 Å². The molecule has 0 aliphatic carbocycles. The second-order valence-electron chi connectivity index (χ2n) is 2.80. The molecule has 1 aliphatic rings. The molecule has 2 atom stereocenters. The maximum absolute atomic E-state index is 9.27. The van der Waals surface area contributed by atoms with Gasteiger partial charge < -0.3 is 9.84 Å².